The minimum absolute atomic E-state index is 0.248. The van der Waals surface area contributed by atoms with Gasteiger partial charge in [-0.05, 0) is 62.8 Å². The number of fused-ring (bicyclic) bond motifs is 2. The minimum Gasteiger partial charge on any atom is -0.462 e. The highest BCUT2D eigenvalue weighted by Crippen LogP contribution is 2.40. The average Bonchev–Trinajstić information content (AvgIpc) is 3.48. The van der Waals surface area contributed by atoms with E-state index >= 15 is 0 Å². The summed E-state index contributed by atoms with van der Waals surface area (Å²) < 4.78 is 10.5. The first-order chi connectivity index (χ1) is 18.3. The molecule has 0 radical (unpaired) electrons. The van der Waals surface area contributed by atoms with Crippen molar-refractivity contribution in [3.8, 4) is 11.4 Å². The summed E-state index contributed by atoms with van der Waals surface area (Å²) in [5.74, 6) is -0.362. The molecule has 0 spiro atoms. The second-order valence-corrected chi connectivity index (χ2v) is 10.7. The number of hydrogen-bond donors (Lipinski definition) is 2. The summed E-state index contributed by atoms with van der Waals surface area (Å²) in [5.41, 5.74) is 5.19. The molecule has 0 saturated carbocycles. The molecule has 1 atom stereocenters. The van der Waals surface area contributed by atoms with Gasteiger partial charge in [-0.3, -0.25) is 4.79 Å². The summed E-state index contributed by atoms with van der Waals surface area (Å²) in [6.07, 6.45) is 2.61. The number of hydrogen-bond acceptors (Lipinski definition) is 7. The summed E-state index contributed by atoms with van der Waals surface area (Å²) in [6.45, 7) is 5.72. The van der Waals surface area contributed by atoms with Gasteiger partial charge in [0, 0.05) is 10.4 Å². The highest BCUT2D eigenvalue weighted by molar-refractivity contribution is 7.17. The van der Waals surface area contributed by atoms with E-state index in [0.29, 0.717) is 33.4 Å². The number of benzene rings is 2. The molecule has 196 valence electrons. The molecule has 9 heteroatoms. The zero-order valence-corrected chi connectivity index (χ0v) is 22.4. The molecule has 1 amide bonds. The lowest BCUT2D eigenvalue weighted by Crippen LogP contribution is -2.22. The number of amides is 1. The van der Waals surface area contributed by atoms with Gasteiger partial charge >= 0.3 is 11.9 Å². The summed E-state index contributed by atoms with van der Waals surface area (Å²) in [6, 6.07) is 13.0. The third-order valence-corrected chi connectivity index (χ3v) is 7.79. The van der Waals surface area contributed by atoms with Gasteiger partial charge in [-0.1, -0.05) is 36.8 Å². The Bertz CT molecular complexity index is 1520. The summed E-state index contributed by atoms with van der Waals surface area (Å²) in [5, 5.41) is 3.22. The smallest absolute Gasteiger partial charge is 0.341 e. The largest absolute Gasteiger partial charge is 0.462 e. The van der Waals surface area contributed by atoms with Gasteiger partial charge in [0.2, 0.25) is 0 Å². The Hall–Kier alpha value is -3.98. The number of esters is 2. The van der Waals surface area contributed by atoms with E-state index in [9.17, 15) is 14.4 Å². The van der Waals surface area contributed by atoms with Crippen LogP contribution in [0.1, 0.15) is 57.0 Å². The van der Waals surface area contributed by atoms with Gasteiger partial charge < -0.3 is 19.8 Å². The second-order valence-electron chi connectivity index (χ2n) is 9.58. The number of carbonyl (C=O) groups excluding carboxylic acids is 3. The molecule has 2 N–H and O–H groups in total. The number of H-pyrrole nitrogens is 1. The van der Waals surface area contributed by atoms with Crippen LogP contribution in [-0.2, 0) is 27.1 Å². The van der Waals surface area contributed by atoms with E-state index in [2.05, 4.69) is 22.2 Å². The molecule has 1 aliphatic rings. The van der Waals surface area contributed by atoms with Gasteiger partial charge in [0.1, 0.15) is 10.8 Å². The Labute approximate surface area is 224 Å². The van der Waals surface area contributed by atoms with Crippen LogP contribution in [0, 0.1) is 12.8 Å². The van der Waals surface area contributed by atoms with E-state index in [4.69, 9.17) is 9.47 Å². The third kappa shape index (κ3) is 5.33. The number of ether oxygens (including phenoxy) is 2. The first-order valence-corrected chi connectivity index (χ1v) is 13.5. The molecule has 1 aliphatic carbocycles. The van der Waals surface area contributed by atoms with Gasteiger partial charge in [0.05, 0.1) is 28.8 Å². The molecule has 0 fully saturated rings. The Balaban J connectivity index is 1.26. The van der Waals surface area contributed by atoms with Crippen molar-refractivity contribution >= 4 is 45.2 Å². The van der Waals surface area contributed by atoms with Crippen LogP contribution in [0.5, 0.6) is 0 Å². The fourth-order valence-electron chi connectivity index (χ4n) is 4.62. The highest BCUT2D eigenvalue weighted by atomic mass is 32.1. The minimum atomic E-state index is -0.626. The fourth-order valence-corrected chi connectivity index (χ4v) is 6.03. The zero-order valence-electron chi connectivity index (χ0n) is 21.6. The molecule has 0 saturated heterocycles. The predicted molar refractivity (Wildman–Crippen MR) is 147 cm³/mol. The van der Waals surface area contributed by atoms with E-state index in [1.54, 1.807) is 25.1 Å². The lowest BCUT2D eigenvalue weighted by atomic mass is 9.88. The van der Waals surface area contributed by atoms with Crippen LogP contribution in [0.15, 0.2) is 42.5 Å². The van der Waals surface area contributed by atoms with Crippen molar-refractivity contribution in [3.63, 3.8) is 0 Å². The number of thiophene rings is 1. The number of aromatic amines is 1. The van der Waals surface area contributed by atoms with Crippen molar-refractivity contribution in [1.29, 1.82) is 0 Å². The Kier molecular flexibility index (Phi) is 7.28. The molecule has 2 aromatic carbocycles. The van der Waals surface area contributed by atoms with E-state index < -0.39 is 24.5 Å². The number of aromatic nitrogens is 2. The maximum Gasteiger partial charge on any atom is 0.341 e. The van der Waals surface area contributed by atoms with Crippen molar-refractivity contribution in [2.24, 2.45) is 5.92 Å². The van der Waals surface area contributed by atoms with Crippen LogP contribution in [0.3, 0.4) is 0 Å². The number of carbonyl (C=O) groups is 3. The van der Waals surface area contributed by atoms with Crippen molar-refractivity contribution in [1.82, 2.24) is 9.97 Å². The molecule has 5 rings (SSSR count). The first-order valence-electron chi connectivity index (χ1n) is 12.7. The van der Waals surface area contributed by atoms with Crippen molar-refractivity contribution in [3.05, 3.63) is 69.6 Å². The molecule has 1 unspecified atom stereocenters. The fraction of sp³-hybridized carbons (Fsp3) is 0.310. The summed E-state index contributed by atoms with van der Waals surface area (Å²) in [4.78, 5) is 47.0. The molecule has 38 heavy (non-hydrogen) atoms. The van der Waals surface area contributed by atoms with E-state index in [0.717, 1.165) is 46.3 Å². The SMILES string of the molecule is CCOC(=O)c1c(NC(=O)COC(=O)c2ccc3nc(-c4ccc(C)cc4)[nH]c3c2)sc2c1CCC(C)C2. The molecular formula is C29H29N3O5S. The van der Waals surface area contributed by atoms with Gasteiger partial charge in [-0.25, -0.2) is 14.6 Å². The van der Waals surface area contributed by atoms with E-state index in [1.165, 1.54) is 11.3 Å². The lowest BCUT2D eigenvalue weighted by molar-refractivity contribution is -0.119. The maximum atomic E-state index is 12.7. The number of nitrogens with zero attached hydrogens (tertiary/aromatic N) is 1. The molecular weight excluding hydrogens is 502 g/mol. The molecule has 0 bridgehead atoms. The van der Waals surface area contributed by atoms with Gasteiger partial charge in [0.25, 0.3) is 5.91 Å². The predicted octanol–water partition coefficient (Wildman–Crippen LogP) is 5.70. The van der Waals surface area contributed by atoms with Crippen LogP contribution in [0.2, 0.25) is 0 Å². The van der Waals surface area contributed by atoms with Crippen LogP contribution < -0.4 is 5.32 Å². The Morgan fingerprint density at radius 2 is 1.89 bits per heavy atom. The van der Waals surface area contributed by atoms with Gasteiger partial charge in [-0.2, -0.15) is 0 Å². The molecule has 0 aliphatic heterocycles. The van der Waals surface area contributed by atoms with Gasteiger partial charge in [0.15, 0.2) is 6.61 Å². The number of aryl methyl sites for hydroxylation is 1. The monoisotopic (exact) mass is 531 g/mol. The van der Waals surface area contributed by atoms with Crippen molar-refractivity contribution in [2.45, 2.75) is 40.0 Å². The third-order valence-electron chi connectivity index (χ3n) is 6.62. The van der Waals surface area contributed by atoms with Crippen LogP contribution in [0.25, 0.3) is 22.4 Å². The summed E-state index contributed by atoms with van der Waals surface area (Å²) in [7, 11) is 0. The first kappa shape index (κ1) is 25.7. The maximum absolute atomic E-state index is 12.7. The van der Waals surface area contributed by atoms with Crippen molar-refractivity contribution in [2.75, 3.05) is 18.5 Å². The normalized spacial score (nSPS) is 14.7. The van der Waals surface area contributed by atoms with Gasteiger partial charge in [-0.15, -0.1) is 11.3 Å². The quantitative estimate of drug-likeness (QED) is 0.296. The highest BCUT2D eigenvalue weighted by Gasteiger charge is 2.29. The van der Waals surface area contributed by atoms with Crippen molar-refractivity contribution < 1.29 is 23.9 Å². The Morgan fingerprint density at radius 1 is 1.11 bits per heavy atom. The number of nitrogens with one attached hydrogen (secondary N) is 2. The standard InChI is InChI=1S/C29H29N3O5S/c1-4-36-29(35)25-20-11-7-17(3)13-23(20)38-27(25)32-24(33)15-37-28(34)19-10-12-21-22(14-19)31-26(30-21)18-8-5-16(2)6-9-18/h5-6,8-10,12,14,17H,4,7,11,13,15H2,1-3H3,(H,30,31)(H,32,33). The average molecular weight is 532 g/mol. The summed E-state index contributed by atoms with van der Waals surface area (Å²) >= 11 is 1.40. The molecule has 4 aromatic rings. The van der Waals surface area contributed by atoms with Crippen LogP contribution in [0.4, 0.5) is 5.00 Å². The topological polar surface area (TPSA) is 110 Å². The van der Waals surface area contributed by atoms with E-state index in [1.807, 2.05) is 31.2 Å². The van der Waals surface area contributed by atoms with Crippen LogP contribution in [-0.4, -0.2) is 41.0 Å². The number of anilines is 1. The molecule has 8 nitrogen and oxygen atoms in total. The Morgan fingerprint density at radius 3 is 2.66 bits per heavy atom. The zero-order chi connectivity index (χ0) is 26.8. The van der Waals surface area contributed by atoms with Crippen LogP contribution >= 0.6 is 11.3 Å². The number of imidazole rings is 1. The van der Waals surface area contributed by atoms with E-state index in [-0.39, 0.29) is 6.61 Å². The second kappa shape index (κ2) is 10.8. The lowest BCUT2D eigenvalue weighted by Gasteiger charge is -2.18. The molecule has 2 heterocycles. The molecule has 2 aromatic heterocycles. The number of rotatable bonds is 7.